The quantitative estimate of drug-likeness (QED) is 0.217. The van der Waals surface area contributed by atoms with Crippen molar-refractivity contribution in [2.75, 3.05) is 26.4 Å². The minimum absolute atomic E-state index is 0.586. The lowest BCUT2D eigenvalue weighted by molar-refractivity contribution is 0.318. The molecule has 0 unspecified atom stereocenters. The van der Waals surface area contributed by atoms with Crippen LogP contribution in [0.5, 0.6) is 23.0 Å². The van der Waals surface area contributed by atoms with Crippen LogP contribution in [0, 0.1) is 0 Å². The number of benzene rings is 4. The van der Waals surface area contributed by atoms with Crippen LogP contribution in [0.1, 0.15) is 27.7 Å². The van der Waals surface area contributed by atoms with Crippen molar-refractivity contribution < 1.29 is 18.9 Å². The molecule has 0 atom stereocenters. The van der Waals surface area contributed by atoms with Gasteiger partial charge in [-0.15, -0.1) is 0 Å². The first-order chi connectivity index (χ1) is 16.7. The van der Waals surface area contributed by atoms with Crippen molar-refractivity contribution in [1.82, 2.24) is 0 Å². The maximum absolute atomic E-state index is 6.27. The van der Waals surface area contributed by atoms with Gasteiger partial charge in [0, 0.05) is 21.5 Å². The Bertz CT molecular complexity index is 1160. The molecule has 0 radical (unpaired) electrons. The van der Waals surface area contributed by atoms with Crippen LogP contribution in [0.25, 0.3) is 21.5 Å². The summed E-state index contributed by atoms with van der Waals surface area (Å²) in [5, 5.41) is 4.25. The van der Waals surface area contributed by atoms with E-state index in [0.29, 0.717) is 26.4 Å². The smallest absolute Gasteiger partial charge is 0.142 e. The van der Waals surface area contributed by atoms with Gasteiger partial charge in [0.2, 0.25) is 0 Å². The van der Waals surface area contributed by atoms with E-state index in [4.69, 9.17) is 18.9 Å². The number of hydrogen-bond donors (Lipinski definition) is 0. The van der Waals surface area contributed by atoms with Gasteiger partial charge >= 0.3 is 0 Å². The SMILES string of the molecule is CCOc1c2c(c(OCC)c3ccccc13)Sc1c(c(OCC)c3ccccc3c1OCC)S2. The van der Waals surface area contributed by atoms with Gasteiger partial charge in [-0.25, -0.2) is 0 Å². The van der Waals surface area contributed by atoms with Gasteiger partial charge in [-0.05, 0) is 27.7 Å². The van der Waals surface area contributed by atoms with Gasteiger partial charge in [0.1, 0.15) is 23.0 Å². The zero-order valence-corrected chi connectivity index (χ0v) is 21.5. The van der Waals surface area contributed by atoms with E-state index in [0.717, 1.165) is 64.1 Å². The molecule has 0 amide bonds. The fraction of sp³-hybridized carbons (Fsp3) is 0.286. The number of rotatable bonds is 8. The average Bonchev–Trinajstić information content (AvgIpc) is 2.87. The largest absolute Gasteiger partial charge is 0.492 e. The molecule has 0 bridgehead atoms. The van der Waals surface area contributed by atoms with E-state index in [1.54, 1.807) is 23.5 Å². The number of ether oxygens (including phenoxy) is 4. The van der Waals surface area contributed by atoms with E-state index in [9.17, 15) is 0 Å². The average molecular weight is 493 g/mol. The van der Waals surface area contributed by atoms with Gasteiger partial charge in [0.15, 0.2) is 0 Å². The molecule has 6 heteroatoms. The van der Waals surface area contributed by atoms with Gasteiger partial charge in [-0.2, -0.15) is 0 Å². The molecule has 5 rings (SSSR count). The minimum Gasteiger partial charge on any atom is -0.492 e. The second kappa shape index (κ2) is 9.88. The highest BCUT2D eigenvalue weighted by atomic mass is 32.2. The Hall–Kier alpha value is -2.70. The fourth-order valence-corrected chi connectivity index (χ4v) is 7.08. The topological polar surface area (TPSA) is 36.9 Å². The summed E-state index contributed by atoms with van der Waals surface area (Å²) < 4.78 is 25.1. The predicted octanol–water partition coefficient (Wildman–Crippen LogP) is 8.20. The third-order valence-electron chi connectivity index (χ3n) is 5.63. The van der Waals surface area contributed by atoms with E-state index in [2.05, 4.69) is 24.3 Å². The molecular formula is C28H28O4S2. The van der Waals surface area contributed by atoms with Crippen LogP contribution < -0.4 is 18.9 Å². The summed E-state index contributed by atoms with van der Waals surface area (Å²) in [5.74, 6) is 3.59. The van der Waals surface area contributed by atoms with Crippen LogP contribution in [0.3, 0.4) is 0 Å². The van der Waals surface area contributed by atoms with Crippen LogP contribution in [0.15, 0.2) is 68.1 Å². The lowest BCUT2D eigenvalue weighted by Gasteiger charge is -2.28. The Labute approximate surface area is 208 Å². The first-order valence-corrected chi connectivity index (χ1v) is 13.4. The van der Waals surface area contributed by atoms with Crippen molar-refractivity contribution >= 4 is 45.1 Å². The number of fused-ring (bicyclic) bond motifs is 4. The molecule has 4 nitrogen and oxygen atoms in total. The maximum Gasteiger partial charge on any atom is 0.142 e. The summed E-state index contributed by atoms with van der Waals surface area (Å²) in [7, 11) is 0. The maximum atomic E-state index is 6.27. The third kappa shape index (κ3) is 3.73. The van der Waals surface area contributed by atoms with Crippen molar-refractivity contribution in [1.29, 1.82) is 0 Å². The molecule has 4 aromatic carbocycles. The van der Waals surface area contributed by atoms with Gasteiger partial charge < -0.3 is 18.9 Å². The highest BCUT2D eigenvalue weighted by Crippen LogP contribution is 2.63. The van der Waals surface area contributed by atoms with Crippen LogP contribution in [0.2, 0.25) is 0 Å². The van der Waals surface area contributed by atoms with Crippen molar-refractivity contribution in [3.63, 3.8) is 0 Å². The van der Waals surface area contributed by atoms with E-state index >= 15 is 0 Å². The highest BCUT2D eigenvalue weighted by Gasteiger charge is 2.33. The van der Waals surface area contributed by atoms with Crippen LogP contribution in [-0.4, -0.2) is 26.4 Å². The first kappa shape index (κ1) is 23.1. The Morgan fingerprint density at radius 2 is 0.676 bits per heavy atom. The van der Waals surface area contributed by atoms with Gasteiger partial charge in [-0.3, -0.25) is 0 Å². The first-order valence-electron chi connectivity index (χ1n) is 11.8. The van der Waals surface area contributed by atoms with Gasteiger partial charge in [-0.1, -0.05) is 72.1 Å². The molecule has 0 aliphatic carbocycles. The molecule has 0 saturated heterocycles. The third-order valence-corrected chi connectivity index (χ3v) is 8.27. The van der Waals surface area contributed by atoms with Crippen molar-refractivity contribution in [2.24, 2.45) is 0 Å². The van der Waals surface area contributed by atoms with Gasteiger partial charge in [0.05, 0.1) is 46.0 Å². The van der Waals surface area contributed by atoms with E-state index in [1.807, 2.05) is 52.0 Å². The standard InChI is InChI=1S/C28H28O4S2/c1-5-29-21-17-13-9-10-14-18(17)22(30-6-2)26-25(21)33-27-23(31-7-3)19-15-11-12-16-20(19)24(32-8-4)28(27)34-26/h9-16H,5-8H2,1-4H3. The van der Waals surface area contributed by atoms with Crippen LogP contribution in [0.4, 0.5) is 0 Å². The zero-order chi connectivity index (χ0) is 23.7. The summed E-state index contributed by atoms with van der Waals surface area (Å²) in [6.45, 7) is 10.4. The summed E-state index contributed by atoms with van der Waals surface area (Å²) >= 11 is 3.39. The Kier molecular flexibility index (Phi) is 6.70. The Balaban J connectivity index is 1.86. The second-order valence-electron chi connectivity index (χ2n) is 7.66. The Morgan fingerprint density at radius 1 is 0.441 bits per heavy atom. The molecule has 0 N–H and O–H groups in total. The van der Waals surface area contributed by atoms with Gasteiger partial charge in [0.25, 0.3) is 0 Å². The van der Waals surface area contributed by atoms with Crippen molar-refractivity contribution in [3.05, 3.63) is 48.5 Å². The molecule has 176 valence electrons. The normalized spacial score (nSPS) is 12.4. The molecule has 4 aromatic rings. The predicted molar refractivity (Wildman–Crippen MR) is 141 cm³/mol. The fourth-order valence-electron chi connectivity index (χ4n) is 4.39. The molecule has 1 aliphatic rings. The molecule has 0 spiro atoms. The monoisotopic (exact) mass is 492 g/mol. The summed E-state index contributed by atoms with van der Waals surface area (Å²) in [5.41, 5.74) is 0. The van der Waals surface area contributed by atoms with E-state index in [-0.39, 0.29) is 0 Å². The molecule has 1 heterocycles. The lowest BCUT2D eigenvalue weighted by Crippen LogP contribution is -2.06. The van der Waals surface area contributed by atoms with Crippen molar-refractivity contribution in [3.8, 4) is 23.0 Å². The summed E-state index contributed by atoms with van der Waals surface area (Å²) in [6, 6.07) is 16.6. The molecule has 0 saturated carbocycles. The lowest BCUT2D eigenvalue weighted by atomic mass is 10.1. The van der Waals surface area contributed by atoms with Crippen LogP contribution >= 0.6 is 23.5 Å². The molecule has 34 heavy (non-hydrogen) atoms. The minimum atomic E-state index is 0.586. The summed E-state index contributed by atoms with van der Waals surface area (Å²) in [6.07, 6.45) is 0. The van der Waals surface area contributed by atoms with Crippen LogP contribution in [-0.2, 0) is 0 Å². The molecule has 0 aromatic heterocycles. The molecule has 0 fully saturated rings. The van der Waals surface area contributed by atoms with Crippen molar-refractivity contribution in [2.45, 2.75) is 47.3 Å². The Morgan fingerprint density at radius 3 is 0.882 bits per heavy atom. The molecular weight excluding hydrogens is 464 g/mol. The number of hydrogen-bond acceptors (Lipinski definition) is 6. The van der Waals surface area contributed by atoms with E-state index < -0.39 is 0 Å². The summed E-state index contributed by atoms with van der Waals surface area (Å²) in [4.78, 5) is 4.28. The highest BCUT2D eigenvalue weighted by molar-refractivity contribution is 8.05. The second-order valence-corrected chi connectivity index (χ2v) is 9.70. The van der Waals surface area contributed by atoms with E-state index in [1.165, 1.54) is 0 Å². The molecule has 1 aliphatic heterocycles. The zero-order valence-electron chi connectivity index (χ0n) is 19.9.